The maximum Gasteiger partial charge on any atom is 0.267 e. The topological polar surface area (TPSA) is 42.0 Å². The summed E-state index contributed by atoms with van der Waals surface area (Å²) < 4.78 is 0.741. The van der Waals surface area contributed by atoms with E-state index in [0.29, 0.717) is 9.90 Å². The lowest BCUT2D eigenvalue weighted by atomic mass is 10.2. The number of aromatic nitrogens is 1. The maximum absolute atomic E-state index is 12.3. The summed E-state index contributed by atoms with van der Waals surface area (Å²) in [5.41, 5.74) is 1.58. The van der Waals surface area contributed by atoms with Crippen LogP contribution in [0.4, 0.5) is 5.69 Å². The Bertz CT molecular complexity index is 598. The van der Waals surface area contributed by atoms with Crippen molar-refractivity contribution in [3.8, 4) is 0 Å². The molecule has 3 nitrogen and oxygen atoms in total. The largest absolute Gasteiger partial charge is 0.321 e. The van der Waals surface area contributed by atoms with Gasteiger partial charge in [0, 0.05) is 10.7 Å². The summed E-state index contributed by atoms with van der Waals surface area (Å²) >= 11 is 10.5. The number of rotatable bonds is 5. The van der Waals surface area contributed by atoms with Gasteiger partial charge in [-0.3, -0.25) is 4.79 Å². The Morgan fingerprint density at radius 2 is 2.10 bits per heavy atom. The first-order valence-corrected chi connectivity index (χ1v) is 8.31. The molecular formula is C14H14BrClN2OS. The lowest BCUT2D eigenvalue weighted by molar-refractivity contribution is 0.102. The summed E-state index contributed by atoms with van der Waals surface area (Å²) in [5.74, 6) is -0.123. The van der Waals surface area contributed by atoms with Gasteiger partial charge in [-0.15, -0.1) is 11.3 Å². The van der Waals surface area contributed by atoms with Gasteiger partial charge in [-0.25, -0.2) is 4.98 Å². The van der Waals surface area contributed by atoms with Crippen LogP contribution in [-0.4, -0.2) is 10.9 Å². The van der Waals surface area contributed by atoms with Crippen molar-refractivity contribution in [3.63, 3.8) is 0 Å². The van der Waals surface area contributed by atoms with Crippen molar-refractivity contribution in [3.05, 3.63) is 43.8 Å². The number of hydrogen-bond acceptors (Lipinski definition) is 3. The first kappa shape index (κ1) is 15.5. The molecule has 0 bridgehead atoms. The third kappa shape index (κ3) is 4.04. The minimum Gasteiger partial charge on any atom is -0.321 e. The van der Waals surface area contributed by atoms with E-state index in [9.17, 15) is 4.79 Å². The molecule has 0 spiro atoms. The van der Waals surface area contributed by atoms with E-state index >= 15 is 0 Å². The number of unbranched alkanes of at least 4 members (excludes halogenated alkanes) is 1. The number of carbonyl (C=O) groups excluding carboxylic acids is 1. The van der Waals surface area contributed by atoms with Crippen molar-refractivity contribution < 1.29 is 4.79 Å². The molecule has 0 saturated heterocycles. The fourth-order valence-corrected chi connectivity index (χ4v) is 3.29. The van der Waals surface area contributed by atoms with Crippen LogP contribution in [0.1, 0.15) is 35.1 Å². The normalized spacial score (nSPS) is 10.6. The number of halogens is 2. The third-order valence-corrected chi connectivity index (χ3v) is 4.55. The summed E-state index contributed by atoms with van der Waals surface area (Å²) in [5, 5.41) is 3.51. The SMILES string of the molecule is CCCCc1nc(Br)sc1C(=O)Nc1ccc(Cl)cc1. The van der Waals surface area contributed by atoms with E-state index in [2.05, 4.69) is 33.2 Å². The van der Waals surface area contributed by atoms with E-state index in [1.54, 1.807) is 24.3 Å². The Morgan fingerprint density at radius 1 is 1.40 bits per heavy atom. The first-order valence-electron chi connectivity index (χ1n) is 6.32. The van der Waals surface area contributed by atoms with Crippen molar-refractivity contribution in [2.45, 2.75) is 26.2 Å². The molecule has 2 aromatic rings. The zero-order valence-electron chi connectivity index (χ0n) is 11.0. The van der Waals surface area contributed by atoms with Crippen LogP contribution < -0.4 is 5.32 Å². The van der Waals surface area contributed by atoms with Crippen LogP contribution in [0.5, 0.6) is 0 Å². The molecule has 0 aliphatic heterocycles. The molecule has 2 rings (SSSR count). The molecule has 1 aromatic heterocycles. The molecule has 1 N–H and O–H groups in total. The number of benzene rings is 1. The average molecular weight is 374 g/mol. The van der Waals surface area contributed by atoms with E-state index < -0.39 is 0 Å². The van der Waals surface area contributed by atoms with Crippen molar-refractivity contribution in [1.29, 1.82) is 0 Å². The van der Waals surface area contributed by atoms with Gasteiger partial charge in [0.1, 0.15) is 4.88 Å². The van der Waals surface area contributed by atoms with Crippen molar-refractivity contribution in [2.24, 2.45) is 0 Å². The van der Waals surface area contributed by atoms with E-state index in [-0.39, 0.29) is 5.91 Å². The number of hydrogen-bond donors (Lipinski definition) is 1. The predicted octanol–water partition coefficient (Wildman–Crippen LogP) is 5.15. The predicted molar refractivity (Wildman–Crippen MR) is 87.8 cm³/mol. The van der Waals surface area contributed by atoms with E-state index in [1.165, 1.54) is 11.3 Å². The molecule has 0 aliphatic rings. The Hall–Kier alpha value is -0.910. The second-order valence-corrected chi connectivity index (χ2v) is 7.02. The molecule has 0 aliphatic carbocycles. The van der Waals surface area contributed by atoms with Gasteiger partial charge in [0.15, 0.2) is 3.92 Å². The molecule has 6 heteroatoms. The molecule has 0 atom stereocenters. The van der Waals surface area contributed by atoms with Crippen LogP contribution in [-0.2, 0) is 6.42 Å². The van der Waals surface area contributed by atoms with Crippen LogP contribution >= 0.6 is 38.9 Å². The van der Waals surface area contributed by atoms with Gasteiger partial charge >= 0.3 is 0 Å². The molecule has 1 aromatic carbocycles. The van der Waals surface area contributed by atoms with Crippen LogP contribution in [0.15, 0.2) is 28.2 Å². The smallest absolute Gasteiger partial charge is 0.267 e. The second-order valence-electron chi connectivity index (χ2n) is 4.31. The average Bonchev–Trinajstić information content (AvgIpc) is 2.80. The van der Waals surface area contributed by atoms with Gasteiger partial charge in [0.25, 0.3) is 5.91 Å². The number of amides is 1. The zero-order chi connectivity index (χ0) is 14.5. The molecule has 0 fully saturated rings. The molecule has 0 saturated carbocycles. The molecule has 106 valence electrons. The van der Waals surface area contributed by atoms with Gasteiger partial charge in [0.2, 0.25) is 0 Å². The highest BCUT2D eigenvalue weighted by Crippen LogP contribution is 2.26. The Morgan fingerprint density at radius 3 is 2.75 bits per heavy atom. The Kier molecular flexibility index (Phi) is 5.57. The second kappa shape index (κ2) is 7.20. The zero-order valence-corrected chi connectivity index (χ0v) is 14.1. The van der Waals surface area contributed by atoms with Crippen LogP contribution in [0.25, 0.3) is 0 Å². The quantitative estimate of drug-likeness (QED) is 0.787. The van der Waals surface area contributed by atoms with Crippen LogP contribution in [0.2, 0.25) is 5.02 Å². The van der Waals surface area contributed by atoms with Gasteiger partial charge in [-0.05, 0) is 53.0 Å². The van der Waals surface area contributed by atoms with Crippen molar-refractivity contribution in [1.82, 2.24) is 4.98 Å². The molecule has 1 heterocycles. The van der Waals surface area contributed by atoms with Crippen molar-refractivity contribution >= 4 is 50.5 Å². The van der Waals surface area contributed by atoms with E-state index in [1.807, 2.05) is 0 Å². The fraction of sp³-hybridized carbons (Fsp3) is 0.286. The molecule has 1 amide bonds. The lowest BCUT2D eigenvalue weighted by Crippen LogP contribution is -2.12. The summed E-state index contributed by atoms with van der Waals surface area (Å²) in [6, 6.07) is 7.06. The number of aryl methyl sites for hydroxylation is 1. The summed E-state index contributed by atoms with van der Waals surface area (Å²) in [4.78, 5) is 17.3. The number of carbonyl (C=O) groups is 1. The molecule has 20 heavy (non-hydrogen) atoms. The summed E-state index contributed by atoms with van der Waals surface area (Å²) in [7, 11) is 0. The minimum atomic E-state index is -0.123. The molecular weight excluding hydrogens is 360 g/mol. The highest BCUT2D eigenvalue weighted by atomic mass is 79.9. The Balaban J connectivity index is 2.14. The van der Waals surface area contributed by atoms with E-state index in [0.717, 1.165) is 34.6 Å². The highest BCUT2D eigenvalue weighted by Gasteiger charge is 2.17. The highest BCUT2D eigenvalue weighted by molar-refractivity contribution is 9.11. The summed E-state index contributed by atoms with van der Waals surface area (Å²) in [6.45, 7) is 2.12. The van der Waals surface area contributed by atoms with Crippen molar-refractivity contribution in [2.75, 3.05) is 5.32 Å². The number of nitrogens with zero attached hydrogens (tertiary/aromatic N) is 1. The molecule has 0 radical (unpaired) electrons. The van der Waals surface area contributed by atoms with Gasteiger partial charge in [-0.2, -0.15) is 0 Å². The van der Waals surface area contributed by atoms with Crippen LogP contribution in [0.3, 0.4) is 0 Å². The van der Waals surface area contributed by atoms with Gasteiger partial charge < -0.3 is 5.32 Å². The maximum atomic E-state index is 12.3. The number of nitrogens with one attached hydrogen (secondary N) is 1. The number of anilines is 1. The standard InChI is InChI=1S/C14H14BrClN2OS/c1-2-3-4-11-12(20-14(15)18-11)13(19)17-10-7-5-9(16)6-8-10/h5-8H,2-4H2,1H3,(H,17,19). The Labute approximate surface area is 135 Å². The lowest BCUT2D eigenvalue weighted by Gasteiger charge is -2.05. The van der Waals surface area contributed by atoms with Crippen LogP contribution in [0, 0.1) is 0 Å². The number of thiazole rings is 1. The minimum absolute atomic E-state index is 0.123. The fourth-order valence-electron chi connectivity index (χ4n) is 1.73. The monoisotopic (exact) mass is 372 g/mol. The summed E-state index contributed by atoms with van der Waals surface area (Å²) in [6.07, 6.45) is 2.92. The van der Waals surface area contributed by atoms with Gasteiger partial charge in [-0.1, -0.05) is 24.9 Å². The first-order chi connectivity index (χ1) is 9.60. The third-order valence-electron chi connectivity index (χ3n) is 2.75. The van der Waals surface area contributed by atoms with E-state index in [4.69, 9.17) is 11.6 Å². The molecule has 0 unspecified atom stereocenters. The van der Waals surface area contributed by atoms with Gasteiger partial charge in [0.05, 0.1) is 5.69 Å².